The molecule has 2 aromatic heterocycles. The molecule has 0 saturated carbocycles. The molecule has 0 unspecified atom stereocenters. The molecule has 0 bridgehead atoms. The summed E-state index contributed by atoms with van der Waals surface area (Å²) in [6, 6.07) is 12.0. The van der Waals surface area contributed by atoms with Gasteiger partial charge >= 0.3 is 5.97 Å². The highest BCUT2D eigenvalue weighted by Crippen LogP contribution is 2.34. The number of aliphatic carboxylic acids is 1. The number of sulfonamides is 1. The first-order chi connectivity index (χ1) is 15.6. The monoisotopic (exact) mass is 524 g/mol. The molecule has 2 aromatic carbocycles. The number of hydrogen-bond donors (Lipinski definition) is 1. The Bertz CT molecular complexity index is 1470. The minimum absolute atomic E-state index is 0.103. The molecule has 2 heterocycles. The zero-order chi connectivity index (χ0) is 23.9. The molecule has 4 aromatic rings. The van der Waals surface area contributed by atoms with Crippen molar-refractivity contribution < 1.29 is 18.3 Å². The minimum atomic E-state index is -4.31. The molecule has 0 aliphatic carbocycles. The van der Waals surface area contributed by atoms with Gasteiger partial charge in [0.25, 0.3) is 10.0 Å². The molecular formula is C21H15Cl3N4O4S. The molecule has 0 amide bonds. The predicted octanol–water partition coefficient (Wildman–Crippen LogP) is 4.97. The van der Waals surface area contributed by atoms with Crippen LogP contribution in [0.2, 0.25) is 15.1 Å². The molecule has 1 N–H and O–H groups in total. The normalized spacial score (nSPS) is 11.6. The number of carboxylic acid groups (broad SMARTS) is 1. The maximum Gasteiger partial charge on any atom is 0.324 e. The van der Waals surface area contributed by atoms with Crippen molar-refractivity contribution in [3.63, 3.8) is 0 Å². The Kier molecular flexibility index (Phi) is 6.24. The maximum absolute atomic E-state index is 13.3. The fourth-order valence-electron chi connectivity index (χ4n) is 3.29. The van der Waals surface area contributed by atoms with Crippen molar-refractivity contribution in [2.45, 2.75) is 11.8 Å². The summed E-state index contributed by atoms with van der Waals surface area (Å²) in [5, 5.41) is 18.6. The second kappa shape index (κ2) is 8.83. The number of fused-ring (bicyclic) bond motifs is 1. The lowest BCUT2D eigenvalue weighted by Crippen LogP contribution is -2.35. The molecule has 4 rings (SSSR count). The van der Waals surface area contributed by atoms with Gasteiger partial charge in [0.1, 0.15) is 6.54 Å². The van der Waals surface area contributed by atoms with Gasteiger partial charge in [0.15, 0.2) is 5.82 Å². The lowest BCUT2D eigenvalue weighted by Gasteiger charge is -2.23. The van der Waals surface area contributed by atoms with Gasteiger partial charge in [0.05, 0.1) is 26.8 Å². The van der Waals surface area contributed by atoms with E-state index in [1.807, 2.05) is 6.92 Å². The van der Waals surface area contributed by atoms with Crippen LogP contribution >= 0.6 is 34.8 Å². The van der Waals surface area contributed by atoms with E-state index in [0.29, 0.717) is 21.7 Å². The molecule has 0 saturated heterocycles. The van der Waals surface area contributed by atoms with Crippen molar-refractivity contribution >= 4 is 67.4 Å². The van der Waals surface area contributed by atoms with Crippen LogP contribution in [0.1, 0.15) is 5.69 Å². The van der Waals surface area contributed by atoms with Crippen molar-refractivity contribution in [1.82, 2.24) is 14.8 Å². The van der Waals surface area contributed by atoms with Crippen LogP contribution in [0, 0.1) is 6.92 Å². The van der Waals surface area contributed by atoms with Gasteiger partial charge in [-0.25, -0.2) is 8.42 Å². The van der Waals surface area contributed by atoms with Crippen LogP contribution in [0.3, 0.4) is 0 Å². The smallest absolute Gasteiger partial charge is 0.324 e. The van der Waals surface area contributed by atoms with Gasteiger partial charge in [-0.15, -0.1) is 5.10 Å². The van der Waals surface area contributed by atoms with Crippen molar-refractivity contribution in [3.05, 3.63) is 75.5 Å². The van der Waals surface area contributed by atoms with Crippen LogP contribution < -0.4 is 4.31 Å². The van der Waals surface area contributed by atoms with Crippen molar-refractivity contribution in [3.8, 4) is 5.82 Å². The number of carboxylic acids is 1. The Morgan fingerprint density at radius 1 is 1.03 bits per heavy atom. The number of halogens is 3. The second-order valence-electron chi connectivity index (χ2n) is 7.09. The number of benzene rings is 2. The Balaban J connectivity index is 1.85. The quantitative estimate of drug-likeness (QED) is 0.381. The fraction of sp³-hybridized carbons (Fsp3) is 0.0952. The highest BCUT2D eigenvalue weighted by molar-refractivity contribution is 7.92. The van der Waals surface area contributed by atoms with E-state index in [0.717, 1.165) is 10.00 Å². The molecule has 12 heteroatoms. The number of hydrogen-bond acceptors (Lipinski definition) is 5. The van der Waals surface area contributed by atoms with E-state index in [9.17, 15) is 18.3 Å². The van der Waals surface area contributed by atoms with E-state index in [1.54, 1.807) is 29.0 Å². The third-order valence-corrected chi connectivity index (χ3v) is 7.25. The van der Waals surface area contributed by atoms with Gasteiger partial charge < -0.3 is 5.11 Å². The Morgan fingerprint density at radius 2 is 1.73 bits per heavy atom. The summed E-state index contributed by atoms with van der Waals surface area (Å²) in [6.45, 7) is 0.994. The molecule has 33 heavy (non-hydrogen) atoms. The summed E-state index contributed by atoms with van der Waals surface area (Å²) in [4.78, 5) is 11.3. The number of rotatable bonds is 6. The van der Waals surface area contributed by atoms with Gasteiger partial charge in [0.2, 0.25) is 0 Å². The summed E-state index contributed by atoms with van der Waals surface area (Å²) >= 11 is 18.4. The van der Waals surface area contributed by atoms with E-state index < -0.39 is 22.5 Å². The van der Waals surface area contributed by atoms with E-state index >= 15 is 0 Å². The predicted molar refractivity (Wildman–Crippen MR) is 127 cm³/mol. The van der Waals surface area contributed by atoms with Gasteiger partial charge in [0, 0.05) is 21.6 Å². The summed E-state index contributed by atoms with van der Waals surface area (Å²) < 4.78 is 29.2. The van der Waals surface area contributed by atoms with Crippen LogP contribution in [0.5, 0.6) is 0 Å². The largest absolute Gasteiger partial charge is 0.480 e. The van der Waals surface area contributed by atoms with Gasteiger partial charge in [-0.1, -0.05) is 34.8 Å². The topological polar surface area (TPSA) is 105 Å². The van der Waals surface area contributed by atoms with Crippen LogP contribution in [-0.4, -0.2) is 40.8 Å². The van der Waals surface area contributed by atoms with E-state index in [2.05, 4.69) is 10.2 Å². The molecule has 0 aliphatic rings. The van der Waals surface area contributed by atoms with Crippen molar-refractivity contribution in [2.24, 2.45) is 0 Å². The standard InChI is InChI=1S/C21H15Cl3N4O4S/c1-12-2-5-20(26-25-12)27-10-18(24)17-9-15(3-4-19(17)27)28(11-21(29)30)33(31,32)16-7-13(22)6-14(23)8-16/h2-10H,11H2,1H3,(H,29,30). The van der Waals surface area contributed by atoms with Crippen LogP contribution in [0.15, 0.2) is 59.6 Å². The zero-order valence-electron chi connectivity index (χ0n) is 16.9. The second-order valence-corrected chi connectivity index (χ2v) is 10.2. The number of anilines is 1. The molecule has 8 nitrogen and oxygen atoms in total. The number of aryl methyl sites for hydroxylation is 1. The van der Waals surface area contributed by atoms with Gasteiger partial charge in [-0.3, -0.25) is 13.7 Å². The lowest BCUT2D eigenvalue weighted by atomic mass is 10.2. The molecule has 0 fully saturated rings. The molecule has 0 spiro atoms. The first-order valence-corrected chi connectivity index (χ1v) is 12.0. The summed E-state index contributed by atoms with van der Waals surface area (Å²) in [5.74, 6) is -0.820. The third-order valence-electron chi connectivity index (χ3n) is 4.76. The number of nitrogens with zero attached hydrogens (tertiary/aromatic N) is 4. The molecule has 0 aliphatic heterocycles. The first kappa shape index (κ1) is 23.3. The van der Waals surface area contributed by atoms with E-state index in [4.69, 9.17) is 34.8 Å². The van der Waals surface area contributed by atoms with Crippen molar-refractivity contribution in [2.75, 3.05) is 10.8 Å². The fourth-order valence-corrected chi connectivity index (χ4v) is 5.67. The average Bonchev–Trinajstić information content (AvgIpc) is 3.07. The summed E-state index contributed by atoms with van der Waals surface area (Å²) in [7, 11) is -4.31. The van der Waals surface area contributed by atoms with E-state index in [1.165, 1.54) is 30.3 Å². The minimum Gasteiger partial charge on any atom is -0.480 e. The molecule has 170 valence electrons. The average molecular weight is 526 g/mol. The highest BCUT2D eigenvalue weighted by Gasteiger charge is 2.28. The first-order valence-electron chi connectivity index (χ1n) is 9.38. The Morgan fingerprint density at radius 3 is 2.33 bits per heavy atom. The molecular weight excluding hydrogens is 511 g/mol. The van der Waals surface area contributed by atoms with Crippen LogP contribution in [-0.2, 0) is 14.8 Å². The Labute approximate surface area is 204 Å². The zero-order valence-corrected chi connectivity index (χ0v) is 20.0. The third kappa shape index (κ3) is 4.63. The van der Waals surface area contributed by atoms with Crippen LogP contribution in [0.4, 0.5) is 5.69 Å². The Hall–Kier alpha value is -2.85. The summed E-state index contributed by atoms with van der Waals surface area (Å²) in [6.07, 6.45) is 1.63. The highest BCUT2D eigenvalue weighted by atomic mass is 35.5. The van der Waals surface area contributed by atoms with E-state index in [-0.39, 0.29) is 20.6 Å². The van der Waals surface area contributed by atoms with Crippen molar-refractivity contribution in [1.29, 1.82) is 0 Å². The SMILES string of the molecule is Cc1ccc(-n2cc(Cl)c3cc(N(CC(=O)O)S(=O)(=O)c4cc(Cl)cc(Cl)c4)ccc32)nn1. The van der Waals surface area contributed by atoms with Gasteiger partial charge in [-0.05, 0) is 55.5 Å². The lowest BCUT2D eigenvalue weighted by molar-refractivity contribution is -0.135. The molecule has 0 atom stereocenters. The number of carbonyl (C=O) groups is 1. The van der Waals surface area contributed by atoms with Gasteiger partial charge in [-0.2, -0.15) is 5.10 Å². The van der Waals surface area contributed by atoms with Crippen LogP contribution in [0.25, 0.3) is 16.7 Å². The summed E-state index contributed by atoms with van der Waals surface area (Å²) in [5.41, 5.74) is 1.50. The molecule has 0 radical (unpaired) electrons. The maximum atomic E-state index is 13.3. The number of aromatic nitrogens is 3.